The number of hydrogen-bond donors (Lipinski definition) is 1. The van der Waals surface area contributed by atoms with Gasteiger partial charge in [-0.1, -0.05) is 43.6 Å². The van der Waals surface area contributed by atoms with Crippen LogP contribution in [-0.4, -0.2) is 16.8 Å². The second kappa shape index (κ2) is 7.54. The number of benzene rings is 2. The number of urea groups is 1. The summed E-state index contributed by atoms with van der Waals surface area (Å²) < 4.78 is 5.39. The third-order valence-corrected chi connectivity index (χ3v) is 6.18. The lowest BCUT2D eigenvalue weighted by Crippen LogP contribution is -2.41. The molecule has 1 aliphatic heterocycles. The first-order chi connectivity index (χ1) is 14.6. The number of hydrogen-bond acceptors (Lipinski definition) is 4. The highest BCUT2D eigenvalue weighted by atomic mass is 35.5. The fourth-order valence-corrected chi connectivity index (χ4v) is 4.53. The van der Waals surface area contributed by atoms with Gasteiger partial charge in [-0.05, 0) is 54.7 Å². The fourth-order valence-electron chi connectivity index (χ4n) is 4.20. The summed E-state index contributed by atoms with van der Waals surface area (Å²) in [6, 6.07) is 11.5. The number of halogens is 1. The molecule has 1 fully saturated rings. The number of nitrogens with zero attached hydrogens (tertiary/aromatic N) is 1. The van der Waals surface area contributed by atoms with Crippen LogP contribution in [0.25, 0.3) is 11.0 Å². The number of imide groups is 1. The van der Waals surface area contributed by atoms with Crippen molar-refractivity contribution in [3.8, 4) is 0 Å². The lowest BCUT2D eigenvalue weighted by atomic mass is 9.91. The molecule has 2 heterocycles. The first-order valence-corrected chi connectivity index (χ1v) is 10.5. The molecule has 0 saturated carbocycles. The van der Waals surface area contributed by atoms with Crippen molar-refractivity contribution in [2.24, 2.45) is 0 Å². The van der Waals surface area contributed by atoms with Gasteiger partial charge in [0.15, 0.2) is 0 Å². The molecule has 3 amide bonds. The summed E-state index contributed by atoms with van der Waals surface area (Å²) in [5.41, 5.74) is 1.83. The molecule has 160 valence electrons. The van der Waals surface area contributed by atoms with E-state index >= 15 is 0 Å². The van der Waals surface area contributed by atoms with Crippen LogP contribution in [0.2, 0.25) is 5.02 Å². The first kappa shape index (κ1) is 21.1. The molecule has 1 aliphatic rings. The zero-order valence-electron chi connectivity index (χ0n) is 17.8. The average Bonchev–Trinajstić information content (AvgIpc) is 2.91. The topological polar surface area (TPSA) is 79.6 Å². The molecule has 31 heavy (non-hydrogen) atoms. The van der Waals surface area contributed by atoms with E-state index in [1.54, 1.807) is 31.2 Å². The van der Waals surface area contributed by atoms with Crippen molar-refractivity contribution < 1.29 is 14.0 Å². The van der Waals surface area contributed by atoms with E-state index in [-0.39, 0.29) is 12.5 Å². The van der Waals surface area contributed by atoms with Crippen LogP contribution in [0, 0.1) is 6.92 Å². The van der Waals surface area contributed by atoms with Crippen molar-refractivity contribution in [3.63, 3.8) is 0 Å². The van der Waals surface area contributed by atoms with Gasteiger partial charge < -0.3 is 9.73 Å². The number of aryl methyl sites for hydroxylation is 1. The number of fused-ring (bicyclic) bond motifs is 1. The summed E-state index contributed by atoms with van der Waals surface area (Å²) in [5.74, 6) is -0.160. The number of nitrogens with one attached hydrogen (secondary N) is 1. The van der Waals surface area contributed by atoms with Crippen molar-refractivity contribution in [1.29, 1.82) is 0 Å². The van der Waals surface area contributed by atoms with Crippen molar-refractivity contribution in [2.45, 2.75) is 45.7 Å². The summed E-state index contributed by atoms with van der Waals surface area (Å²) >= 11 is 6.30. The van der Waals surface area contributed by atoms with E-state index in [0.29, 0.717) is 27.1 Å². The Kier molecular flexibility index (Phi) is 5.13. The maximum atomic E-state index is 13.3. The third kappa shape index (κ3) is 3.51. The summed E-state index contributed by atoms with van der Waals surface area (Å²) in [5, 5.41) is 3.86. The molecule has 0 bridgehead atoms. The van der Waals surface area contributed by atoms with E-state index in [0.717, 1.165) is 16.0 Å². The monoisotopic (exact) mass is 438 g/mol. The van der Waals surface area contributed by atoms with Crippen LogP contribution in [0.5, 0.6) is 0 Å². The van der Waals surface area contributed by atoms with Crippen LogP contribution in [0.4, 0.5) is 4.79 Å². The number of rotatable bonds is 4. The molecule has 4 rings (SSSR count). The quantitative estimate of drug-likeness (QED) is 0.466. The summed E-state index contributed by atoms with van der Waals surface area (Å²) in [4.78, 5) is 39.4. The third-order valence-electron chi connectivity index (χ3n) is 5.85. The summed E-state index contributed by atoms with van der Waals surface area (Å²) in [7, 11) is 0. The Morgan fingerprint density at radius 2 is 1.84 bits per heavy atom. The average molecular weight is 439 g/mol. The molecule has 6 nitrogen and oxygen atoms in total. The number of carbonyl (C=O) groups is 2. The Morgan fingerprint density at radius 3 is 2.52 bits per heavy atom. The fraction of sp³-hybridized carbons (Fsp3) is 0.292. The van der Waals surface area contributed by atoms with E-state index in [1.807, 2.05) is 19.1 Å². The molecular formula is C24H23ClN2O4. The largest absolute Gasteiger partial charge is 0.423 e. The predicted molar refractivity (Wildman–Crippen MR) is 119 cm³/mol. The van der Waals surface area contributed by atoms with Gasteiger partial charge in [-0.25, -0.2) is 9.59 Å². The van der Waals surface area contributed by atoms with Crippen LogP contribution in [0.3, 0.4) is 0 Å². The standard InChI is InChI=1S/C24H23ClN2O4/c1-13(2)16-11-17-15(10-21(28)31-20(17)9-14(16)3)12-27-22(29)24(4,26-23(27)30)18-7-5-6-8-19(18)25/h5-11,13H,12H2,1-4H3,(H,26,30)/t24-/m0/s1. The number of amides is 3. The SMILES string of the molecule is Cc1cc2oc(=O)cc(CN3C(=O)N[C@@](C)(c4ccccc4Cl)C3=O)c2cc1C(C)C. The minimum Gasteiger partial charge on any atom is -0.423 e. The van der Waals surface area contributed by atoms with E-state index in [2.05, 4.69) is 19.2 Å². The molecular weight excluding hydrogens is 416 g/mol. The van der Waals surface area contributed by atoms with Gasteiger partial charge in [0.2, 0.25) is 0 Å². The molecule has 1 saturated heterocycles. The van der Waals surface area contributed by atoms with Gasteiger partial charge in [0.1, 0.15) is 11.1 Å². The Bertz CT molecular complexity index is 1280. The Hall–Kier alpha value is -3.12. The van der Waals surface area contributed by atoms with Crippen LogP contribution >= 0.6 is 11.6 Å². The zero-order chi connectivity index (χ0) is 22.5. The van der Waals surface area contributed by atoms with E-state index in [1.165, 1.54) is 6.07 Å². The molecule has 0 radical (unpaired) electrons. The van der Waals surface area contributed by atoms with E-state index in [9.17, 15) is 14.4 Å². The minimum atomic E-state index is -1.29. The van der Waals surface area contributed by atoms with Crippen LogP contribution in [0.1, 0.15) is 48.9 Å². The maximum absolute atomic E-state index is 13.3. The van der Waals surface area contributed by atoms with Gasteiger partial charge in [-0.2, -0.15) is 0 Å². The van der Waals surface area contributed by atoms with Crippen LogP contribution in [-0.2, 0) is 16.9 Å². The van der Waals surface area contributed by atoms with Crippen LogP contribution < -0.4 is 10.9 Å². The van der Waals surface area contributed by atoms with Crippen LogP contribution in [0.15, 0.2) is 51.7 Å². The van der Waals surface area contributed by atoms with Gasteiger partial charge in [0.25, 0.3) is 5.91 Å². The molecule has 0 spiro atoms. The Morgan fingerprint density at radius 1 is 1.13 bits per heavy atom. The number of carbonyl (C=O) groups excluding carboxylic acids is 2. The normalized spacial score (nSPS) is 18.8. The molecule has 2 aromatic carbocycles. The van der Waals surface area contributed by atoms with Crippen molar-refractivity contribution in [2.75, 3.05) is 0 Å². The lowest BCUT2D eigenvalue weighted by Gasteiger charge is -2.23. The highest BCUT2D eigenvalue weighted by molar-refractivity contribution is 6.32. The molecule has 1 aromatic heterocycles. The molecule has 1 N–H and O–H groups in total. The van der Waals surface area contributed by atoms with Crippen molar-refractivity contribution in [3.05, 3.63) is 80.2 Å². The Labute approximate surface area is 184 Å². The summed E-state index contributed by atoms with van der Waals surface area (Å²) in [6.07, 6.45) is 0. The second-order valence-corrected chi connectivity index (χ2v) is 8.78. The summed E-state index contributed by atoms with van der Waals surface area (Å²) in [6.45, 7) is 7.71. The molecule has 0 unspecified atom stereocenters. The first-order valence-electron chi connectivity index (χ1n) is 10.1. The molecule has 3 aromatic rings. The molecule has 7 heteroatoms. The maximum Gasteiger partial charge on any atom is 0.336 e. The highest BCUT2D eigenvalue weighted by Gasteiger charge is 2.49. The minimum absolute atomic E-state index is 0.0482. The molecule has 0 aliphatic carbocycles. The smallest absolute Gasteiger partial charge is 0.336 e. The van der Waals surface area contributed by atoms with Gasteiger partial charge >= 0.3 is 11.7 Å². The van der Waals surface area contributed by atoms with Gasteiger partial charge in [0.05, 0.1) is 6.54 Å². The van der Waals surface area contributed by atoms with Crippen molar-refractivity contribution in [1.82, 2.24) is 10.2 Å². The predicted octanol–water partition coefficient (Wildman–Crippen LogP) is 4.85. The van der Waals surface area contributed by atoms with E-state index in [4.69, 9.17) is 16.0 Å². The Balaban J connectivity index is 1.78. The second-order valence-electron chi connectivity index (χ2n) is 8.38. The van der Waals surface area contributed by atoms with Gasteiger partial charge in [0, 0.05) is 22.0 Å². The highest BCUT2D eigenvalue weighted by Crippen LogP contribution is 2.35. The van der Waals surface area contributed by atoms with Gasteiger partial charge in [-0.3, -0.25) is 9.69 Å². The molecule has 1 atom stereocenters. The van der Waals surface area contributed by atoms with Gasteiger partial charge in [-0.15, -0.1) is 0 Å². The lowest BCUT2D eigenvalue weighted by molar-refractivity contribution is -0.131. The van der Waals surface area contributed by atoms with Crippen molar-refractivity contribution >= 4 is 34.5 Å². The zero-order valence-corrected chi connectivity index (χ0v) is 18.5. The van der Waals surface area contributed by atoms with E-state index < -0.39 is 23.1 Å².